The Hall–Kier alpha value is -4.45. The number of aromatic nitrogens is 4. The number of hydrogen-bond acceptors (Lipinski definition) is 3. The Morgan fingerprint density at radius 2 is 1.38 bits per heavy atom. The molecule has 0 fully saturated rings. The molecule has 3 aromatic heterocycles. The Morgan fingerprint density at radius 1 is 0.706 bits per heavy atom. The van der Waals surface area contributed by atoms with Crippen molar-refractivity contribution in [2.45, 2.75) is 6.92 Å². The standard InChI is InChI=1S/C28H22N4O2/c1-17-13-15-19(16-14-17)24-22-25(30(2)28(34)31(3)27(22)33)26-23(18-9-5-4-6-10-18)29-20-11-7-8-12-21(20)32(24)26/h4-16H,1-3H3. The van der Waals surface area contributed by atoms with Crippen molar-refractivity contribution in [1.82, 2.24) is 18.5 Å². The first-order valence-electron chi connectivity index (χ1n) is 11.1. The summed E-state index contributed by atoms with van der Waals surface area (Å²) in [6.07, 6.45) is 0. The van der Waals surface area contributed by atoms with Gasteiger partial charge in [0.05, 0.1) is 38.8 Å². The van der Waals surface area contributed by atoms with Crippen LogP contribution >= 0.6 is 0 Å². The molecule has 3 heterocycles. The molecule has 0 unspecified atom stereocenters. The summed E-state index contributed by atoms with van der Waals surface area (Å²) in [5, 5.41) is 0.504. The van der Waals surface area contributed by atoms with Crippen LogP contribution in [0.25, 0.3) is 50.0 Å². The van der Waals surface area contributed by atoms with E-state index in [0.29, 0.717) is 10.9 Å². The van der Waals surface area contributed by atoms with E-state index >= 15 is 0 Å². The second kappa shape index (κ2) is 7.28. The van der Waals surface area contributed by atoms with Gasteiger partial charge >= 0.3 is 5.69 Å². The van der Waals surface area contributed by atoms with Gasteiger partial charge in [-0.15, -0.1) is 0 Å². The molecule has 0 spiro atoms. The van der Waals surface area contributed by atoms with Crippen LogP contribution in [0.5, 0.6) is 0 Å². The van der Waals surface area contributed by atoms with E-state index in [4.69, 9.17) is 4.98 Å². The molecular formula is C28H22N4O2. The van der Waals surface area contributed by atoms with Crippen molar-refractivity contribution in [2.75, 3.05) is 0 Å². The first kappa shape index (κ1) is 20.2. The third kappa shape index (κ3) is 2.72. The third-order valence-corrected chi connectivity index (χ3v) is 6.52. The second-order valence-corrected chi connectivity index (χ2v) is 8.64. The molecule has 0 aliphatic rings. The number of hydrogen-bond donors (Lipinski definition) is 0. The molecule has 3 aromatic carbocycles. The predicted octanol–water partition coefficient (Wildman–Crippen LogP) is 4.68. The van der Waals surface area contributed by atoms with Gasteiger partial charge in [0.25, 0.3) is 5.56 Å². The quantitative estimate of drug-likeness (QED) is 0.388. The molecular weight excluding hydrogens is 424 g/mol. The molecule has 0 radical (unpaired) electrons. The van der Waals surface area contributed by atoms with Crippen LogP contribution in [0.3, 0.4) is 0 Å². The van der Waals surface area contributed by atoms with Gasteiger partial charge in [0.2, 0.25) is 0 Å². The van der Waals surface area contributed by atoms with E-state index < -0.39 is 0 Å². The van der Waals surface area contributed by atoms with Gasteiger partial charge in [0.15, 0.2) is 0 Å². The summed E-state index contributed by atoms with van der Waals surface area (Å²) >= 11 is 0. The topological polar surface area (TPSA) is 61.3 Å². The van der Waals surface area contributed by atoms with Crippen LogP contribution in [-0.4, -0.2) is 18.5 Å². The molecule has 6 heteroatoms. The zero-order valence-electron chi connectivity index (χ0n) is 19.1. The maximum absolute atomic E-state index is 13.6. The van der Waals surface area contributed by atoms with E-state index in [-0.39, 0.29) is 11.2 Å². The van der Waals surface area contributed by atoms with Crippen LogP contribution in [0.1, 0.15) is 5.56 Å². The zero-order valence-corrected chi connectivity index (χ0v) is 19.1. The summed E-state index contributed by atoms with van der Waals surface area (Å²) in [5.74, 6) is 0. The lowest BCUT2D eigenvalue weighted by Gasteiger charge is -2.12. The van der Waals surface area contributed by atoms with Gasteiger partial charge in [-0.3, -0.25) is 13.9 Å². The van der Waals surface area contributed by atoms with Crippen molar-refractivity contribution >= 4 is 27.5 Å². The highest BCUT2D eigenvalue weighted by Gasteiger charge is 2.25. The van der Waals surface area contributed by atoms with Crippen molar-refractivity contribution in [3.8, 4) is 22.5 Å². The molecule has 0 N–H and O–H groups in total. The number of fused-ring (bicyclic) bond motifs is 5. The van der Waals surface area contributed by atoms with Crippen LogP contribution in [0.4, 0.5) is 0 Å². The molecule has 0 bridgehead atoms. The van der Waals surface area contributed by atoms with Gasteiger partial charge in [-0.25, -0.2) is 9.78 Å². The van der Waals surface area contributed by atoms with Crippen LogP contribution in [-0.2, 0) is 14.1 Å². The summed E-state index contributed by atoms with van der Waals surface area (Å²) in [6, 6.07) is 25.9. The smallest absolute Gasteiger partial charge is 0.303 e. The van der Waals surface area contributed by atoms with E-state index in [1.54, 1.807) is 11.6 Å². The molecule has 166 valence electrons. The first-order valence-corrected chi connectivity index (χ1v) is 11.1. The molecule has 6 aromatic rings. The Kier molecular flexibility index (Phi) is 4.32. The van der Waals surface area contributed by atoms with Gasteiger partial charge < -0.3 is 4.40 Å². The van der Waals surface area contributed by atoms with E-state index in [1.165, 1.54) is 11.6 Å². The van der Waals surface area contributed by atoms with Crippen LogP contribution < -0.4 is 11.2 Å². The summed E-state index contributed by atoms with van der Waals surface area (Å²) in [7, 11) is 3.24. The Labute approximate surface area is 195 Å². The molecule has 0 aliphatic heterocycles. The molecule has 0 atom stereocenters. The normalized spacial score (nSPS) is 11.6. The average molecular weight is 447 g/mol. The minimum absolute atomic E-state index is 0.319. The number of para-hydroxylation sites is 2. The zero-order chi connectivity index (χ0) is 23.6. The molecule has 0 saturated carbocycles. The van der Waals surface area contributed by atoms with Gasteiger partial charge in [0.1, 0.15) is 0 Å². The maximum atomic E-state index is 13.6. The number of benzene rings is 3. The number of rotatable bonds is 2. The summed E-state index contributed by atoms with van der Waals surface area (Å²) < 4.78 is 4.84. The van der Waals surface area contributed by atoms with Gasteiger partial charge in [-0.2, -0.15) is 0 Å². The third-order valence-electron chi connectivity index (χ3n) is 6.52. The SMILES string of the molecule is Cc1ccc(-c2c3c(=O)n(C)c(=O)n(C)c3c3c(-c4ccccc4)nc4ccccc4n23)cc1. The summed E-state index contributed by atoms with van der Waals surface area (Å²) in [5.41, 5.74) is 6.76. The number of nitrogens with zero attached hydrogens (tertiary/aromatic N) is 4. The highest BCUT2D eigenvalue weighted by molar-refractivity contribution is 6.11. The van der Waals surface area contributed by atoms with E-state index in [1.807, 2.05) is 85.8 Å². The largest absolute Gasteiger partial charge is 0.331 e. The minimum Gasteiger partial charge on any atom is -0.303 e. The molecule has 34 heavy (non-hydrogen) atoms. The van der Waals surface area contributed by atoms with Gasteiger partial charge in [-0.05, 0) is 24.6 Å². The van der Waals surface area contributed by atoms with Crippen molar-refractivity contribution < 1.29 is 0 Å². The monoisotopic (exact) mass is 446 g/mol. The van der Waals surface area contributed by atoms with Gasteiger partial charge in [0, 0.05) is 19.7 Å². The van der Waals surface area contributed by atoms with Crippen molar-refractivity contribution in [3.05, 3.63) is 105 Å². The van der Waals surface area contributed by atoms with Crippen LogP contribution in [0.15, 0.2) is 88.5 Å². The van der Waals surface area contributed by atoms with Crippen molar-refractivity contribution in [2.24, 2.45) is 14.1 Å². The first-order chi connectivity index (χ1) is 16.5. The fourth-order valence-electron chi connectivity index (χ4n) is 4.83. The van der Waals surface area contributed by atoms with Crippen LogP contribution in [0, 0.1) is 6.92 Å². The van der Waals surface area contributed by atoms with Crippen LogP contribution in [0.2, 0.25) is 0 Å². The Balaban J connectivity index is 2.00. The maximum Gasteiger partial charge on any atom is 0.331 e. The Bertz CT molecular complexity index is 1860. The van der Waals surface area contributed by atoms with Gasteiger partial charge in [-0.1, -0.05) is 72.3 Å². The minimum atomic E-state index is -0.368. The van der Waals surface area contributed by atoms with E-state index in [2.05, 4.69) is 4.40 Å². The molecule has 0 amide bonds. The predicted molar refractivity (Wildman–Crippen MR) is 136 cm³/mol. The second-order valence-electron chi connectivity index (χ2n) is 8.64. The summed E-state index contributed by atoms with van der Waals surface area (Å²) in [4.78, 5) is 31.7. The van der Waals surface area contributed by atoms with Crippen molar-refractivity contribution in [1.29, 1.82) is 0 Å². The molecule has 0 aliphatic carbocycles. The lowest BCUT2D eigenvalue weighted by atomic mass is 10.1. The fraction of sp³-hybridized carbons (Fsp3) is 0.107. The Morgan fingerprint density at radius 3 is 2.12 bits per heavy atom. The summed E-state index contributed by atoms with van der Waals surface area (Å²) in [6.45, 7) is 2.04. The van der Waals surface area contributed by atoms with Crippen molar-refractivity contribution in [3.63, 3.8) is 0 Å². The molecule has 6 rings (SSSR count). The fourth-order valence-corrected chi connectivity index (χ4v) is 4.83. The van der Waals surface area contributed by atoms with E-state index in [9.17, 15) is 9.59 Å². The average Bonchev–Trinajstić information content (AvgIpc) is 3.23. The lowest BCUT2D eigenvalue weighted by Crippen LogP contribution is -2.36. The van der Waals surface area contributed by atoms with E-state index in [0.717, 1.165) is 44.6 Å². The molecule has 6 nitrogen and oxygen atoms in total. The molecule has 0 saturated heterocycles. The highest BCUT2D eigenvalue weighted by Crippen LogP contribution is 2.38. The highest BCUT2D eigenvalue weighted by atomic mass is 16.2. The lowest BCUT2D eigenvalue weighted by molar-refractivity contribution is 0.716. The number of aryl methyl sites for hydroxylation is 2.